The maximum atomic E-state index is 13.2. The Morgan fingerprint density at radius 1 is 0.968 bits per heavy atom. The molecule has 5 rings (SSSR count). The fourth-order valence-electron chi connectivity index (χ4n) is 4.18. The Balaban J connectivity index is 1.49. The van der Waals surface area contributed by atoms with Gasteiger partial charge < -0.3 is 5.32 Å². The molecule has 1 amide bonds. The molecule has 1 aliphatic carbocycles. The molecule has 0 radical (unpaired) electrons. The standard InChI is InChI=1S/C23H23N7O/c1-14-7-4-5-9-19(14)30-20-10-6-8-18(20)22(26-30)23(31)24-17-12-11-15(2)21(13-17)29-16(3)25-27-28-29/h4-5,7,9,11-13H,6,8,10H2,1-3H3,(H,24,31). The van der Waals surface area contributed by atoms with Crippen molar-refractivity contribution in [2.24, 2.45) is 0 Å². The zero-order valence-corrected chi connectivity index (χ0v) is 17.8. The second kappa shape index (κ2) is 7.46. The molecular formula is C23H23N7O. The molecule has 8 heteroatoms. The third-order valence-electron chi connectivity index (χ3n) is 5.81. The van der Waals surface area contributed by atoms with Crippen LogP contribution in [0, 0.1) is 20.8 Å². The predicted molar refractivity (Wildman–Crippen MR) is 117 cm³/mol. The van der Waals surface area contributed by atoms with Gasteiger partial charge in [0.1, 0.15) is 0 Å². The number of hydrogen-bond donors (Lipinski definition) is 1. The van der Waals surface area contributed by atoms with E-state index in [2.05, 4.69) is 33.8 Å². The lowest BCUT2D eigenvalue weighted by Gasteiger charge is -2.10. The second-order valence-corrected chi connectivity index (χ2v) is 7.92. The highest BCUT2D eigenvalue weighted by atomic mass is 16.2. The minimum Gasteiger partial charge on any atom is -0.321 e. The van der Waals surface area contributed by atoms with E-state index < -0.39 is 0 Å². The first kappa shape index (κ1) is 19.2. The summed E-state index contributed by atoms with van der Waals surface area (Å²) in [6.07, 6.45) is 2.83. The largest absolute Gasteiger partial charge is 0.321 e. The van der Waals surface area contributed by atoms with Crippen LogP contribution in [0.2, 0.25) is 0 Å². The van der Waals surface area contributed by atoms with Crippen molar-refractivity contribution in [3.63, 3.8) is 0 Å². The zero-order valence-electron chi connectivity index (χ0n) is 17.8. The molecule has 2 aromatic heterocycles. The van der Waals surface area contributed by atoms with Crippen LogP contribution in [0.1, 0.15) is 45.1 Å². The lowest BCUT2D eigenvalue weighted by molar-refractivity contribution is 0.102. The molecule has 0 atom stereocenters. The Labute approximate surface area is 179 Å². The topological polar surface area (TPSA) is 90.5 Å². The maximum Gasteiger partial charge on any atom is 0.276 e. The Bertz CT molecular complexity index is 1300. The third-order valence-corrected chi connectivity index (χ3v) is 5.81. The van der Waals surface area contributed by atoms with Gasteiger partial charge in [-0.05, 0) is 79.8 Å². The van der Waals surface area contributed by atoms with Gasteiger partial charge in [0.05, 0.1) is 11.4 Å². The Morgan fingerprint density at radius 2 is 1.77 bits per heavy atom. The van der Waals surface area contributed by atoms with Crippen molar-refractivity contribution < 1.29 is 4.79 Å². The molecular weight excluding hydrogens is 390 g/mol. The monoisotopic (exact) mass is 413 g/mol. The van der Waals surface area contributed by atoms with E-state index in [-0.39, 0.29) is 5.91 Å². The minimum atomic E-state index is -0.200. The number of fused-ring (bicyclic) bond motifs is 1. The molecule has 2 heterocycles. The van der Waals surface area contributed by atoms with E-state index in [1.165, 1.54) is 0 Å². The summed E-state index contributed by atoms with van der Waals surface area (Å²) in [5.41, 5.74) is 7.35. The van der Waals surface area contributed by atoms with Crippen molar-refractivity contribution in [2.75, 3.05) is 5.32 Å². The van der Waals surface area contributed by atoms with E-state index in [9.17, 15) is 4.79 Å². The van der Waals surface area contributed by atoms with Crippen LogP contribution in [0.4, 0.5) is 5.69 Å². The van der Waals surface area contributed by atoms with E-state index in [0.29, 0.717) is 17.2 Å². The summed E-state index contributed by atoms with van der Waals surface area (Å²) in [6.45, 7) is 5.89. The molecule has 31 heavy (non-hydrogen) atoms. The lowest BCUT2D eigenvalue weighted by atomic mass is 10.1. The first-order valence-corrected chi connectivity index (χ1v) is 10.4. The zero-order chi connectivity index (χ0) is 21.5. The summed E-state index contributed by atoms with van der Waals surface area (Å²) in [6, 6.07) is 13.8. The van der Waals surface area contributed by atoms with Crippen molar-refractivity contribution in [3.8, 4) is 11.4 Å². The quantitative estimate of drug-likeness (QED) is 0.553. The van der Waals surface area contributed by atoms with Gasteiger partial charge >= 0.3 is 0 Å². The molecule has 0 bridgehead atoms. The summed E-state index contributed by atoms with van der Waals surface area (Å²) >= 11 is 0. The Hall–Kier alpha value is -3.81. The van der Waals surface area contributed by atoms with Gasteiger partial charge in [0.25, 0.3) is 5.91 Å². The van der Waals surface area contributed by atoms with Crippen LogP contribution >= 0.6 is 0 Å². The molecule has 0 unspecified atom stereocenters. The van der Waals surface area contributed by atoms with E-state index in [1.54, 1.807) is 4.68 Å². The smallest absolute Gasteiger partial charge is 0.276 e. The summed E-state index contributed by atoms with van der Waals surface area (Å²) in [4.78, 5) is 13.2. The van der Waals surface area contributed by atoms with Gasteiger partial charge in [-0.1, -0.05) is 24.3 Å². The van der Waals surface area contributed by atoms with E-state index in [0.717, 1.165) is 53.0 Å². The van der Waals surface area contributed by atoms with Crippen LogP contribution in [0.25, 0.3) is 11.4 Å². The number of carbonyl (C=O) groups excluding carboxylic acids is 1. The number of benzene rings is 2. The predicted octanol–water partition coefficient (Wildman–Crippen LogP) is 3.51. The number of nitrogens with one attached hydrogen (secondary N) is 1. The van der Waals surface area contributed by atoms with Crippen LogP contribution in [-0.2, 0) is 12.8 Å². The normalized spacial score (nSPS) is 12.7. The third kappa shape index (κ3) is 3.30. The second-order valence-electron chi connectivity index (χ2n) is 7.92. The fourth-order valence-corrected chi connectivity index (χ4v) is 4.18. The SMILES string of the molecule is Cc1ccc(NC(=O)c2nn(-c3ccccc3C)c3c2CCC3)cc1-n1nnnc1C. The average Bonchev–Trinajstić information content (AvgIpc) is 3.47. The number of anilines is 1. The highest BCUT2D eigenvalue weighted by Crippen LogP contribution is 2.29. The highest BCUT2D eigenvalue weighted by Gasteiger charge is 2.27. The number of tetrazole rings is 1. The van der Waals surface area contributed by atoms with Crippen molar-refractivity contribution >= 4 is 11.6 Å². The molecule has 2 aromatic carbocycles. The summed E-state index contributed by atoms with van der Waals surface area (Å²) in [7, 11) is 0. The highest BCUT2D eigenvalue weighted by molar-refractivity contribution is 6.04. The number of para-hydroxylation sites is 1. The summed E-state index contributed by atoms with van der Waals surface area (Å²) in [5.74, 6) is 0.482. The molecule has 1 aliphatic rings. The number of nitrogens with zero attached hydrogens (tertiary/aromatic N) is 6. The van der Waals surface area contributed by atoms with Gasteiger partial charge in [-0.3, -0.25) is 4.79 Å². The molecule has 156 valence electrons. The molecule has 0 spiro atoms. The van der Waals surface area contributed by atoms with E-state index >= 15 is 0 Å². The van der Waals surface area contributed by atoms with Crippen LogP contribution < -0.4 is 5.32 Å². The van der Waals surface area contributed by atoms with Gasteiger partial charge in [0.2, 0.25) is 0 Å². The first-order chi connectivity index (χ1) is 15.0. The van der Waals surface area contributed by atoms with E-state index in [4.69, 9.17) is 5.10 Å². The van der Waals surface area contributed by atoms with E-state index in [1.807, 2.05) is 54.9 Å². The molecule has 0 saturated heterocycles. The van der Waals surface area contributed by atoms with Crippen molar-refractivity contribution in [1.29, 1.82) is 0 Å². The van der Waals surface area contributed by atoms with Gasteiger partial charge in [0, 0.05) is 16.9 Å². The summed E-state index contributed by atoms with van der Waals surface area (Å²) in [5, 5.41) is 19.5. The fraction of sp³-hybridized carbons (Fsp3) is 0.261. The maximum absolute atomic E-state index is 13.2. The van der Waals surface area contributed by atoms with Crippen LogP contribution in [0.3, 0.4) is 0 Å². The van der Waals surface area contributed by atoms with Crippen molar-refractivity contribution in [1.82, 2.24) is 30.0 Å². The number of hydrogen-bond acceptors (Lipinski definition) is 5. The molecule has 1 N–H and O–H groups in total. The Kier molecular flexibility index (Phi) is 4.62. The lowest BCUT2D eigenvalue weighted by Crippen LogP contribution is -2.15. The molecule has 8 nitrogen and oxygen atoms in total. The number of aromatic nitrogens is 6. The number of carbonyl (C=O) groups is 1. The van der Waals surface area contributed by atoms with Gasteiger partial charge in [-0.15, -0.1) is 5.10 Å². The van der Waals surface area contributed by atoms with Crippen LogP contribution in [-0.4, -0.2) is 35.9 Å². The number of amides is 1. The minimum absolute atomic E-state index is 0.200. The van der Waals surface area contributed by atoms with Gasteiger partial charge in [-0.25, -0.2) is 4.68 Å². The van der Waals surface area contributed by atoms with Crippen LogP contribution in [0.5, 0.6) is 0 Å². The van der Waals surface area contributed by atoms with Gasteiger partial charge in [-0.2, -0.15) is 9.78 Å². The molecule has 4 aromatic rings. The van der Waals surface area contributed by atoms with Gasteiger partial charge in [0.15, 0.2) is 11.5 Å². The molecule has 0 fully saturated rings. The number of aryl methyl sites for hydroxylation is 3. The van der Waals surface area contributed by atoms with Crippen LogP contribution in [0.15, 0.2) is 42.5 Å². The van der Waals surface area contributed by atoms with Crippen molar-refractivity contribution in [2.45, 2.75) is 40.0 Å². The molecule has 0 aliphatic heterocycles. The summed E-state index contributed by atoms with van der Waals surface area (Å²) < 4.78 is 3.60. The average molecular weight is 413 g/mol. The first-order valence-electron chi connectivity index (χ1n) is 10.4. The number of rotatable bonds is 4. The van der Waals surface area contributed by atoms with Crippen molar-refractivity contribution in [3.05, 3.63) is 76.4 Å². The molecule has 0 saturated carbocycles. The Morgan fingerprint density at radius 3 is 2.55 bits per heavy atom.